The molecule has 68 valence electrons. The van der Waals surface area contributed by atoms with Crippen LogP contribution in [0.3, 0.4) is 0 Å². The summed E-state index contributed by atoms with van der Waals surface area (Å²) in [5.74, 6) is 0. The Kier molecular flexibility index (Phi) is 2.07. The Morgan fingerprint density at radius 1 is 1.42 bits per heavy atom. The standard InChI is InChI=1S/C9H15NO2/c11-12-9-5-2-1-4-8(9)10-7-3-6-9/h4,10-11H,1-3,5-7H2. The average Bonchev–Trinajstić information content (AvgIpc) is 2.18. The van der Waals surface area contributed by atoms with Gasteiger partial charge in [0.25, 0.3) is 0 Å². The van der Waals surface area contributed by atoms with Gasteiger partial charge in [-0.2, -0.15) is 0 Å². The van der Waals surface area contributed by atoms with Crippen molar-refractivity contribution in [3.8, 4) is 0 Å². The highest BCUT2D eigenvalue weighted by Crippen LogP contribution is 2.36. The predicted octanol–water partition coefficient (Wildman–Crippen LogP) is 1.67. The predicted molar refractivity (Wildman–Crippen MR) is 45.6 cm³/mol. The Labute approximate surface area is 72.3 Å². The van der Waals surface area contributed by atoms with Crippen molar-refractivity contribution in [1.29, 1.82) is 0 Å². The van der Waals surface area contributed by atoms with Crippen molar-refractivity contribution < 1.29 is 10.1 Å². The molecule has 2 N–H and O–H groups in total. The second-order valence-corrected chi connectivity index (χ2v) is 3.63. The van der Waals surface area contributed by atoms with E-state index in [0.29, 0.717) is 0 Å². The zero-order valence-corrected chi connectivity index (χ0v) is 7.18. The molecule has 2 aliphatic rings. The number of rotatable bonds is 1. The van der Waals surface area contributed by atoms with Crippen LogP contribution in [0.2, 0.25) is 0 Å². The molecule has 0 amide bonds. The smallest absolute Gasteiger partial charge is 0.142 e. The molecule has 0 radical (unpaired) electrons. The van der Waals surface area contributed by atoms with Crippen LogP contribution in [0.25, 0.3) is 0 Å². The summed E-state index contributed by atoms with van der Waals surface area (Å²) in [6.45, 7) is 1.01. The van der Waals surface area contributed by atoms with Crippen LogP contribution in [-0.4, -0.2) is 17.4 Å². The number of hydrogen-bond acceptors (Lipinski definition) is 3. The summed E-state index contributed by atoms with van der Waals surface area (Å²) in [5, 5.41) is 12.2. The summed E-state index contributed by atoms with van der Waals surface area (Å²) in [4.78, 5) is 4.65. The van der Waals surface area contributed by atoms with Gasteiger partial charge in [-0.05, 0) is 32.1 Å². The minimum absolute atomic E-state index is 0.378. The normalized spacial score (nSPS) is 34.9. The fraction of sp³-hybridized carbons (Fsp3) is 0.778. The van der Waals surface area contributed by atoms with E-state index in [1.54, 1.807) is 0 Å². The molecule has 3 heteroatoms. The zero-order valence-electron chi connectivity index (χ0n) is 7.18. The highest BCUT2D eigenvalue weighted by molar-refractivity contribution is 5.20. The Morgan fingerprint density at radius 3 is 3.00 bits per heavy atom. The van der Waals surface area contributed by atoms with Gasteiger partial charge in [-0.1, -0.05) is 6.08 Å². The molecule has 0 aromatic carbocycles. The molecule has 0 bridgehead atoms. The molecule has 1 saturated heterocycles. The fourth-order valence-corrected chi connectivity index (χ4v) is 2.19. The Hall–Kier alpha value is -0.540. The highest BCUT2D eigenvalue weighted by atomic mass is 17.1. The third kappa shape index (κ3) is 1.13. The van der Waals surface area contributed by atoms with E-state index >= 15 is 0 Å². The topological polar surface area (TPSA) is 41.5 Å². The molecule has 0 aromatic rings. The molecule has 1 fully saturated rings. The van der Waals surface area contributed by atoms with Crippen molar-refractivity contribution in [3.63, 3.8) is 0 Å². The maximum absolute atomic E-state index is 8.90. The summed E-state index contributed by atoms with van der Waals surface area (Å²) in [6.07, 6.45) is 7.35. The molecule has 1 heterocycles. The van der Waals surface area contributed by atoms with Crippen LogP contribution in [0.1, 0.15) is 32.1 Å². The van der Waals surface area contributed by atoms with E-state index in [9.17, 15) is 0 Å². The van der Waals surface area contributed by atoms with E-state index in [4.69, 9.17) is 5.26 Å². The van der Waals surface area contributed by atoms with Crippen molar-refractivity contribution in [2.45, 2.75) is 37.7 Å². The van der Waals surface area contributed by atoms with Gasteiger partial charge in [0.2, 0.25) is 0 Å². The molecule has 3 nitrogen and oxygen atoms in total. The van der Waals surface area contributed by atoms with E-state index in [1.807, 2.05) is 0 Å². The van der Waals surface area contributed by atoms with Crippen molar-refractivity contribution >= 4 is 0 Å². The van der Waals surface area contributed by atoms with Gasteiger partial charge in [-0.3, -0.25) is 5.26 Å². The summed E-state index contributed by atoms with van der Waals surface area (Å²) < 4.78 is 0. The SMILES string of the molecule is OOC12CCCC=C1NCCC2. The van der Waals surface area contributed by atoms with Crippen LogP contribution >= 0.6 is 0 Å². The monoisotopic (exact) mass is 169 g/mol. The number of piperidine rings is 1. The number of hydrogen-bond donors (Lipinski definition) is 2. The van der Waals surface area contributed by atoms with Gasteiger partial charge in [0.1, 0.15) is 5.60 Å². The Morgan fingerprint density at radius 2 is 2.25 bits per heavy atom. The molecule has 1 unspecified atom stereocenters. The summed E-state index contributed by atoms with van der Waals surface area (Å²) in [7, 11) is 0. The van der Waals surface area contributed by atoms with Crippen LogP contribution in [0, 0.1) is 0 Å². The Bertz CT molecular complexity index is 203. The lowest BCUT2D eigenvalue weighted by molar-refractivity contribution is -0.319. The number of fused-ring (bicyclic) bond motifs is 1. The van der Waals surface area contributed by atoms with E-state index in [2.05, 4.69) is 16.3 Å². The van der Waals surface area contributed by atoms with Crippen LogP contribution in [-0.2, 0) is 4.89 Å². The largest absolute Gasteiger partial charge is 0.386 e. The van der Waals surface area contributed by atoms with Crippen LogP contribution < -0.4 is 5.32 Å². The third-order valence-corrected chi connectivity index (χ3v) is 2.87. The molecule has 1 aliphatic carbocycles. The van der Waals surface area contributed by atoms with Crippen LogP contribution in [0.15, 0.2) is 11.8 Å². The fourth-order valence-electron chi connectivity index (χ4n) is 2.19. The maximum Gasteiger partial charge on any atom is 0.142 e. The molecule has 1 aliphatic heterocycles. The molecule has 0 aromatic heterocycles. The average molecular weight is 169 g/mol. The molecule has 1 atom stereocenters. The van der Waals surface area contributed by atoms with Gasteiger partial charge in [-0.25, -0.2) is 4.89 Å². The quantitative estimate of drug-likeness (QED) is 0.463. The summed E-state index contributed by atoms with van der Waals surface area (Å²) >= 11 is 0. The number of allylic oxidation sites excluding steroid dienone is 1. The second kappa shape index (κ2) is 3.07. The van der Waals surface area contributed by atoms with Gasteiger partial charge in [0.15, 0.2) is 0 Å². The third-order valence-electron chi connectivity index (χ3n) is 2.87. The molecule has 0 spiro atoms. The number of nitrogens with one attached hydrogen (secondary N) is 1. The molecular formula is C9H15NO2. The lowest BCUT2D eigenvalue weighted by Crippen LogP contribution is -2.46. The zero-order chi connectivity index (χ0) is 8.44. The highest BCUT2D eigenvalue weighted by Gasteiger charge is 2.39. The Balaban J connectivity index is 2.23. The lowest BCUT2D eigenvalue weighted by atomic mass is 9.81. The van der Waals surface area contributed by atoms with Crippen LogP contribution in [0.4, 0.5) is 0 Å². The second-order valence-electron chi connectivity index (χ2n) is 3.63. The molecule has 2 rings (SSSR count). The van der Waals surface area contributed by atoms with Gasteiger partial charge in [0, 0.05) is 12.2 Å². The first-order valence-electron chi connectivity index (χ1n) is 4.64. The maximum atomic E-state index is 8.90. The first-order chi connectivity index (χ1) is 5.87. The van der Waals surface area contributed by atoms with Crippen LogP contribution in [0.5, 0.6) is 0 Å². The first kappa shape index (κ1) is 8.08. The minimum atomic E-state index is -0.378. The lowest BCUT2D eigenvalue weighted by Gasteiger charge is -2.39. The van der Waals surface area contributed by atoms with Crippen molar-refractivity contribution in [2.75, 3.05) is 6.54 Å². The van der Waals surface area contributed by atoms with Crippen molar-refractivity contribution in [1.82, 2.24) is 5.32 Å². The van der Waals surface area contributed by atoms with Gasteiger partial charge >= 0.3 is 0 Å². The van der Waals surface area contributed by atoms with Gasteiger partial charge < -0.3 is 5.32 Å². The molecule has 0 saturated carbocycles. The van der Waals surface area contributed by atoms with Gasteiger partial charge in [0.05, 0.1) is 0 Å². The minimum Gasteiger partial charge on any atom is -0.386 e. The molecule has 12 heavy (non-hydrogen) atoms. The summed E-state index contributed by atoms with van der Waals surface area (Å²) in [5.41, 5.74) is 0.721. The van der Waals surface area contributed by atoms with Crippen molar-refractivity contribution in [3.05, 3.63) is 11.8 Å². The molecular weight excluding hydrogens is 154 g/mol. The van der Waals surface area contributed by atoms with Gasteiger partial charge in [-0.15, -0.1) is 0 Å². The van der Waals surface area contributed by atoms with E-state index in [-0.39, 0.29) is 5.60 Å². The van der Waals surface area contributed by atoms with E-state index in [0.717, 1.165) is 44.3 Å². The first-order valence-corrected chi connectivity index (χ1v) is 4.64. The van der Waals surface area contributed by atoms with E-state index in [1.165, 1.54) is 0 Å². The van der Waals surface area contributed by atoms with E-state index < -0.39 is 0 Å². The summed E-state index contributed by atoms with van der Waals surface area (Å²) in [6, 6.07) is 0. The van der Waals surface area contributed by atoms with Crippen molar-refractivity contribution in [2.24, 2.45) is 0 Å².